The summed E-state index contributed by atoms with van der Waals surface area (Å²) in [6, 6.07) is 0. The van der Waals surface area contributed by atoms with Gasteiger partial charge in [0.05, 0.1) is 26.4 Å². The van der Waals surface area contributed by atoms with Crippen LogP contribution in [-0.2, 0) is 23.7 Å². The summed E-state index contributed by atoms with van der Waals surface area (Å²) < 4.78 is 19.3. The van der Waals surface area contributed by atoms with Crippen LogP contribution in [0.3, 0.4) is 0 Å². The summed E-state index contributed by atoms with van der Waals surface area (Å²) in [6.07, 6.45) is 1.98. The zero-order chi connectivity index (χ0) is 14.1. The van der Waals surface area contributed by atoms with Gasteiger partial charge in [0.1, 0.15) is 6.61 Å². The van der Waals surface area contributed by atoms with Gasteiger partial charge in [0.15, 0.2) is 0 Å². The van der Waals surface area contributed by atoms with Crippen molar-refractivity contribution in [3.8, 4) is 0 Å². The van der Waals surface area contributed by atoms with E-state index in [2.05, 4.69) is 0 Å². The predicted molar refractivity (Wildman–Crippen MR) is 67.9 cm³/mol. The normalized spacial score (nSPS) is 9.72. The summed E-state index contributed by atoms with van der Waals surface area (Å²) >= 11 is 0. The second-order valence-electron chi connectivity index (χ2n) is 3.40. The second-order valence-corrected chi connectivity index (χ2v) is 3.40. The molecule has 0 spiro atoms. The average molecular weight is 266 g/mol. The zero-order valence-corrected chi connectivity index (χ0v) is 11.6. The Kier molecular flexibility index (Phi) is 20.4. The van der Waals surface area contributed by atoms with Crippen molar-refractivity contribution < 1.29 is 28.8 Å². The molecule has 0 fully saturated rings. The van der Waals surface area contributed by atoms with Crippen molar-refractivity contribution in [3.05, 3.63) is 0 Å². The third-order valence-corrected chi connectivity index (χ3v) is 1.73. The molecule has 0 saturated carbocycles. The number of methoxy groups -OCH3 is 2. The lowest BCUT2D eigenvalue weighted by Gasteiger charge is -2.00. The molecule has 0 aromatic carbocycles. The molecule has 110 valence electrons. The van der Waals surface area contributed by atoms with Crippen LogP contribution in [0.1, 0.15) is 19.8 Å². The molecule has 0 aliphatic carbocycles. The Morgan fingerprint density at radius 2 is 1.50 bits per heavy atom. The van der Waals surface area contributed by atoms with Crippen LogP contribution in [0.15, 0.2) is 0 Å². The van der Waals surface area contributed by atoms with Crippen LogP contribution >= 0.6 is 0 Å². The van der Waals surface area contributed by atoms with Crippen molar-refractivity contribution >= 4 is 5.97 Å². The maximum absolute atomic E-state index is 9.84. The molecule has 0 bridgehead atoms. The third kappa shape index (κ3) is 24.5. The van der Waals surface area contributed by atoms with Crippen LogP contribution in [0.5, 0.6) is 0 Å². The SMILES string of the molecule is CCCCOCC(=O)O.COCCOCCOC. The number of rotatable bonds is 11. The lowest BCUT2D eigenvalue weighted by Crippen LogP contribution is -2.07. The van der Waals surface area contributed by atoms with Gasteiger partial charge in [-0.3, -0.25) is 0 Å². The van der Waals surface area contributed by atoms with Crippen LogP contribution < -0.4 is 0 Å². The number of carboxylic acid groups (broad SMARTS) is 1. The smallest absolute Gasteiger partial charge is 0.329 e. The third-order valence-electron chi connectivity index (χ3n) is 1.73. The van der Waals surface area contributed by atoms with Gasteiger partial charge in [0, 0.05) is 20.8 Å². The van der Waals surface area contributed by atoms with E-state index in [0.29, 0.717) is 33.0 Å². The molecule has 0 atom stereocenters. The monoisotopic (exact) mass is 266 g/mol. The molecule has 0 aromatic rings. The van der Waals surface area contributed by atoms with Gasteiger partial charge in [0.2, 0.25) is 0 Å². The maximum atomic E-state index is 9.84. The molecule has 0 heterocycles. The molecule has 0 rings (SSSR count). The van der Waals surface area contributed by atoms with E-state index < -0.39 is 5.97 Å². The Bertz CT molecular complexity index is 157. The van der Waals surface area contributed by atoms with E-state index in [9.17, 15) is 4.79 Å². The van der Waals surface area contributed by atoms with E-state index in [1.54, 1.807) is 14.2 Å². The van der Waals surface area contributed by atoms with E-state index in [1.807, 2.05) is 6.92 Å². The minimum atomic E-state index is -0.897. The summed E-state index contributed by atoms with van der Waals surface area (Å²) in [5.41, 5.74) is 0. The molecule has 0 radical (unpaired) electrons. The van der Waals surface area contributed by atoms with Gasteiger partial charge in [-0.15, -0.1) is 0 Å². The zero-order valence-electron chi connectivity index (χ0n) is 11.6. The molecule has 0 unspecified atom stereocenters. The molecule has 0 saturated heterocycles. The highest BCUT2D eigenvalue weighted by Crippen LogP contribution is 1.86. The van der Waals surface area contributed by atoms with Gasteiger partial charge in [0.25, 0.3) is 0 Å². The Labute approximate surface area is 109 Å². The van der Waals surface area contributed by atoms with Crippen molar-refractivity contribution in [2.24, 2.45) is 0 Å². The van der Waals surface area contributed by atoms with Gasteiger partial charge in [-0.1, -0.05) is 13.3 Å². The minimum Gasteiger partial charge on any atom is -0.480 e. The van der Waals surface area contributed by atoms with Crippen LogP contribution in [0.25, 0.3) is 0 Å². The first kappa shape index (κ1) is 19.6. The average Bonchev–Trinajstić information content (AvgIpc) is 2.35. The Hall–Kier alpha value is -0.690. The van der Waals surface area contributed by atoms with E-state index in [0.717, 1.165) is 12.8 Å². The van der Waals surface area contributed by atoms with Crippen LogP contribution in [0.4, 0.5) is 0 Å². The van der Waals surface area contributed by atoms with Gasteiger partial charge in [-0.2, -0.15) is 0 Å². The van der Waals surface area contributed by atoms with Crippen molar-refractivity contribution in [1.29, 1.82) is 0 Å². The van der Waals surface area contributed by atoms with Crippen molar-refractivity contribution in [2.75, 3.05) is 53.9 Å². The first-order chi connectivity index (χ1) is 8.68. The summed E-state index contributed by atoms with van der Waals surface area (Å²) in [7, 11) is 3.30. The van der Waals surface area contributed by atoms with E-state index in [-0.39, 0.29) is 6.61 Å². The molecule has 18 heavy (non-hydrogen) atoms. The number of hydrogen-bond donors (Lipinski definition) is 1. The van der Waals surface area contributed by atoms with Gasteiger partial charge >= 0.3 is 5.97 Å². The van der Waals surface area contributed by atoms with Crippen LogP contribution in [0.2, 0.25) is 0 Å². The van der Waals surface area contributed by atoms with Crippen LogP contribution in [0, 0.1) is 0 Å². The predicted octanol–water partition coefficient (Wildman–Crippen LogP) is 1.18. The second kappa shape index (κ2) is 18.7. The number of unbranched alkanes of at least 4 members (excludes halogenated alkanes) is 1. The minimum absolute atomic E-state index is 0.167. The number of carboxylic acids is 1. The fourth-order valence-corrected chi connectivity index (χ4v) is 0.792. The largest absolute Gasteiger partial charge is 0.480 e. The fraction of sp³-hybridized carbons (Fsp3) is 0.917. The Morgan fingerprint density at radius 1 is 0.944 bits per heavy atom. The lowest BCUT2D eigenvalue weighted by atomic mass is 10.4. The summed E-state index contributed by atoms with van der Waals surface area (Å²) in [5, 5.41) is 8.09. The topological polar surface area (TPSA) is 74.2 Å². The van der Waals surface area contributed by atoms with E-state index in [4.69, 9.17) is 24.1 Å². The van der Waals surface area contributed by atoms with Crippen molar-refractivity contribution in [1.82, 2.24) is 0 Å². The molecular weight excluding hydrogens is 240 g/mol. The van der Waals surface area contributed by atoms with E-state index in [1.165, 1.54) is 0 Å². The summed E-state index contributed by atoms with van der Waals surface area (Å²) in [5.74, 6) is -0.897. The standard InChI is InChI=1S/C6H14O3.C6H12O3/c1-7-3-5-9-6-4-8-2;1-2-3-4-9-5-6(7)8/h3-6H2,1-2H3;2-5H2,1H3,(H,7,8). The first-order valence-corrected chi connectivity index (χ1v) is 6.04. The van der Waals surface area contributed by atoms with Crippen molar-refractivity contribution in [3.63, 3.8) is 0 Å². The highest BCUT2D eigenvalue weighted by atomic mass is 16.5. The number of carbonyl (C=O) groups is 1. The molecule has 6 nitrogen and oxygen atoms in total. The molecule has 1 N–H and O–H groups in total. The van der Waals surface area contributed by atoms with Gasteiger partial charge < -0.3 is 24.1 Å². The lowest BCUT2D eigenvalue weighted by molar-refractivity contribution is -0.142. The molecule has 6 heteroatoms. The molecule has 0 aliphatic heterocycles. The maximum Gasteiger partial charge on any atom is 0.329 e. The number of ether oxygens (including phenoxy) is 4. The number of aliphatic carboxylic acids is 1. The van der Waals surface area contributed by atoms with Gasteiger partial charge in [-0.05, 0) is 6.42 Å². The number of hydrogen-bond acceptors (Lipinski definition) is 5. The van der Waals surface area contributed by atoms with Crippen molar-refractivity contribution in [2.45, 2.75) is 19.8 Å². The fourth-order valence-electron chi connectivity index (χ4n) is 0.792. The first-order valence-electron chi connectivity index (χ1n) is 6.04. The van der Waals surface area contributed by atoms with Crippen LogP contribution in [-0.4, -0.2) is 64.9 Å². The Balaban J connectivity index is 0. The summed E-state index contributed by atoms with van der Waals surface area (Å²) in [4.78, 5) is 9.84. The highest BCUT2D eigenvalue weighted by Gasteiger charge is 1.93. The molecular formula is C12H26O6. The van der Waals surface area contributed by atoms with E-state index >= 15 is 0 Å². The quantitative estimate of drug-likeness (QED) is 0.566. The molecule has 0 amide bonds. The Morgan fingerprint density at radius 3 is 1.89 bits per heavy atom. The summed E-state index contributed by atoms with van der Waals surface area (Å²) in [6.45, 7) is 5.04. The molecule has 0 aromatic heterocycles. The highest BCUT2D eigenvalue weighted by molar-refractivity contribution is 5.67. The molecule has 0 aliphatic rings. The van der Waals surface area contributed by atoms with Gasteiger partial charge in [-0.25, -0.2) is 4.79 Å².